The third-order valence-corrected chi connectivity index (χ3v) is 3.19. The molecule has 0 aliphatic carbocycles. The molecule has 4 heteroatoms. The van der Waals surface area contributed by atoms with E-state index in [4.69, 9.17) is 10.5 Å². The number of benzene rings is 1. The van der Waals surface area contributed by atoms with Gasteiger partial charge in [0, 0.05) is 18.7 Å². The predicted octanol–water partition coefficient (Wildman–Crippen LogP) is 3.27. The molecule has 0 saturated carbocycles. The molecule has 0 aliphatic heterocycles. The number of nitrogen functional groups attached to an aromatic ring is 1. The summed E-state index contributed by atoms with van der Waals surface area (Å²) >= 11 is 0. The molecule has 1 aromatic carbocycles. The van der Waals surface area contributed by atoms with Crippen LogP contribution in [0.4, 0.5) is 5.82 Å². The highest BCUT2D eigenvalue weighted by Gasteiger charge is 2.15. The van der Waals surface area contributed by atoms with Crippen LogP contribution in [0.5, 0.6) is 5.75 Å². The first-order chi connectivity index (χ1) is 9.30. The van der Waals surface area contributed by atoms with Crippen LogP contribution in [0.3, 0.4) is 0 Å². The maximum absolute atomic E-state index is 5.87. The van der Waals surface area contributed by atoms with E-state index >= 15 is 0 Å². The van der Waals surface area contributed by atoms with Crippen LogP contribution >= 0.6 is 0 Å². The van der Waals surface area contributed by atoms with Crippen molar-refractivity contribution in [1.29, 1.82) is 0 Å². The van der Waals surface area contributed by atoms with Gasteiger partial charge in [-0.3, -0.25) is 4.68 Å². The number of anilines is 1. The number of hydrogen-bond acceptors (Lipinski definition) is 3. The number of aromatic nitrogens is 2. The fraction of sp³-hybridized carbons (Fsp3) is 0.438. The van der Waals surface area contributed by atoms with Crippen LogP contribution in [0.1, 0.15) is 26.3 Å². The number of rotatable bonds is 3. The summed E-state index contributed by atoms with van der Waals surface area (Å²) in [7, 11) is 3.51. The lowest BCUT2D eigenvalue weighted by atomic mass is 9.87. The molecule has 2 N–H and O–H groups in total. The Kier molecular flexibility index (Phi) is 3.75. The third kappa shape index (κ3) is 3.13. The molecule has 0 bridgehead atoms. The van der Waals surface area contributed by atoms with Crippen LogP contribution in [0.2, 0.25) is 0 Å². The predicted molar refractivity (Wildman–Crippen MR) is 82.8 cm³/mol. The molecule has 1 heterocycles. The van der Waals surface area contributed by atoms with Crippen LogP contribution in [-0.2, 0) is 13.5 Å². The van der Waals surface area contributed by atoms with Gasteiger partial charge in [-0.2, -0.15) is 5.10 Å². The molecule has 20 heavy (non-hydrogen) atoms. The highest BCUT2D eigenvalue weighted by molar-refractivity contribution is 5.70. The van der Waals surface area contributed by atoms with E-state index in [9.17, 15) is 0 Å². The van der Waals surface area contributed by atoms with E-state index in [2.05, 4.69) is 38.0 Å². The molecule has 4 nitrogen and oxygen atoms in total. The van der Waals surface area contributed by atoms with Crippen LogP contribution in [0.25, 0.3) is 11.3 Å². The molecular formula is C16H23N3O. The monoisotopic (exact) mass is 273 g/mol. The maximum Gasteiger partial charge on any atom is 0.128 e. The molecule has 0 saturated heterocycles. The number of ether oxygens (including phenoxy) is 1. The zero-order valence-corrected chi connectivity index (χ0v) is 12.9. The second-order valence-corrected chi connectivity index (χ2v) is 6.35. The lowest BCUT2D eigenvalue weighted by Gasteiger charge is -2.19. The molecule has 0 amide bonds. The molecule has 2 aromatic rings. The van der Waals surface area contributed by atoms with Gasteiger partial charge >= 0.3 is 0 Å². The van der Waals surface area contributed by atoms with Crippen molar-refractivity contribution in [2.45, 2.75) is 27.2 Å². The van der Waals surface area contributed by atoms with Gasteiger partial charge in [-0.05, 0) is 29.5 Å². The number of aryl methyl sites for hydroxylation is 1. The largest absolute Gasteiger partial charge is 0.496 e. The lowest BCUT2D eigenvalue weighted by molar-refractivity contribution is 0.407. The Balaban J connectivity index is 2.46. The van der Waals surface area contributed by atoms with Gasteiger partial charge in [0.2, 0.25) is 0 Å². The Morgan fingerprint density at radius 2 is 1.95 bits per heavy atom. The molecule has 0 radical (unpaired) electrons. The van der Waals surface area contributed by atoms with E-state index in [0.717, 1.165) is 23.4 Å². The molecule has 108 valence electrons. The fourth-order valence-corrected chi connectivity index (χ4v) is 2.29. The standard InChI is InChI=1S/C16H23N3O/c1-16(2,3)10-11-6-7-14(20-5)12(8-11)13-9-15(17)19(4)18-13/h6-9H,10,17H2,1-5H3. The van der Waals surface area contributed by atoms with Crippen LogP contribution < -0.4 is 10.5 Å². The smallest absolute Gasteiger partial charge is 0.128 e. The Bertz CT molecular complexity index is 589. The third-order valence-electron chi connectivity index (χ3n) is 3.19. The molecule has 0 aliphatic rings. The van der Waals surface area contributed by atoms with Gasteiger partial charge in [-0.15, -0.1) is 0 Å². The molecule has 0 spiro atoms. The van der Waals surface area contributed by atoms with E-state index in [1.807, 2.05) is 19.2 Å². The number of nitrogens with zero attached hydrogens (tertiary/aromatic N) is 2. The molecule has 1 aromatic heterocycles. The summed E-state index contributed by atoms with van der Waals surface area (Å²) in [5, 5.41) is 4.44. The summed E-state index contributed by atoms with van der Waals surface area (Å²) in [6.45, 7) is 6.70. The first-order valence-corrected chi connectivity index (χ1v) is 6.77. The lowest BCUT2D eigenvalue weighted by Crippen LogP contribution is -2.09. The average molecular weight is 273 g/mol. The molecular weight excluding hydrogens is 250 g/mol. The molecule has 0 unspecified atom stereocenters. The van der Waals surface area contributed by atoms with Crippen LogP contribution in [-0.4, -0.2) is 16.9 Å². The summed E-state index contributed by atoms with van der Waals surface area (Å²) in [6, 6.07) is 8.13. The Hall–Kier alpha value is -1.97. The first-order valence-electron chi connectivity index (χ1n) is 6.77. The SMILES string of the molecule is COc1ccc(CC(C)(C)C)cc1-c1cc(N)n(C)n1. The second kappa shape index (κ2) is 5.19. The minimum atomic E-state index is 0.245. The highest BCUT2D eigenvalue weighted by Crippen LogP contribution is 2.32. The van der Waals surface area contributed by atoms with E-state index in [1.54, 1.807) is 11.8 Å². The summed E-state index contributed by atoms with van der Waals surface area (Å²) in [5.41, 5.74) is 9.22. The second-order valence-electron chi connectivity index (χ2n) is 6.35. The quantitative estimate of drug-likeness (QED) is 0.933. The van der Waals surface area contributed by atoms with Crippen LogP contribution in [0.15, 0.2) is 24.3 Å². The van der Waals surface area contributed by atoms with Gasteiger partial charge in [0.05, 0.1) is 12.8 Å². The van der Waals surface area contributed by atoms with Crippen molar-refractivity contribution in [1.82, 2.24) is 9.78 Å². The minimum absolute atomic E-state index is 0.245. The van der Waals surface area contributed by atoms with Crippen molar-refractivity contribution in [2.24, 2.45) is 12.5 Å². The number of nitrogens with two attached hydrogens (primary N) is 1. The molecule has 2 rings (SSSR count). The van der Waals surface area contributed by atoms with Crippen LogP contribution in [0, 0.1) is 5.41 Å². The average Bonchev–Trinajstić information content (AvgIpc) is 2.67. The van der Waals surface area contributed by atoms with Crippen molar-refractivity contribution in [3.63, 3.8) is 0 Å². The highest BCUT2D eigenvalue weighted by atomic mass is 16.5. The zero-order chi connectivity index (χ0) is 14.9. The number of hydrogen-bond donors (Lipinski definition) is 1. The summed E-state index contributed by atoms with van der Waals surface area (Å²) < 4.78 is 7.12. The van der Waals surface area contributed by atoms with Crippen molar-refractivity contribution in [3.05, 3.63) is 29.8 Å². The van der Waals surface area contributed by atoms with Gasteiger partial charge in [-0.25, -0.2) is 0 Å². The maximum atomic E-state index is 5.87. The van der Waals surface area contributed by atoms with Gasteiger partial charge in [0.1, 0.15) is 11.6 Å². The zero-order valence-electron chi connectivity index (χ0n) is 12.9. The Morgan fingerprint density at radius 3 is 2.45 bits per heavy atom. The summed E-state index contributed by atoms with van der Waals surface area (Å²) in [5.74, 6) is 1.46. The van der Waals surface area contributed by atoms with Crippen molar-refractivity contribution >= 4 is 5.82 Å². The molecule has 0 fully saturated rings. The topological polar surface area (TPSA) is 53.1 Å². The fourth-order valence-electron chi connectivity index (χ4n) is 2.29. The van der Waals surface area contributed by atoms with E-state index < -0.39 is 0 Å². The first kappa shape index (κ1) is 14.4. The molecule has 0 atom stereocenters. The van der Waals surface area contributed by atoms with E-state index in [-0.39, 0.29) is 5.41 Å². The van der Waals surface area contributed by atoms with E-state index in [0.29, 0.717) is 5.82 Å². The van der Waals surface area contributed by atoms with E-state index in [1.165, 1.54) is 5.56 Å². The number of methoxy groups -OCH3 is 1. The summed E-state index contributed by atoms with van der Waals surface area (Å²) in [6.07, 6.45) is 1.01. The van der Waals surface area contributed by atoms with Crippen molar-refractivity contribution in [2.75, 3.05) is 12.8 Å². The van der Waals surface area contributed by atoms with Gasteiger partial charge in [0.25, 0.3) is 0 Å². The normalized spacial score (nSPS) is 11.7. The van der Waals surface area contributed by atoms with Gasteiger partial charge < -0.3 is 10.5 Å². The van der Waals surface area contributed by atoms with Gasteiger partial charge in [-0.1, -0.05) is 26.8 Å². The Morgan fingerprint density at radius 1 is 1.25 bits per heavy atom. The van der Waals surface area contributed by atoms with Gasteiger partial charge in [0.15, 0.2) is 0 Å². The summed E-state index contributed by atoms with van der Waals surface area (Å²) in [4.78, 5) is 0. The van der Waals surface area contributed by atoms with Crippen molar-refractivity contribution < 1.29 is 4.74 Å². The Labute approximate surface area is 120 Å². The van der Waals surface area contributed by atoms with Crippen molar-refractivity contribution in [3.8, 4) is 17.0 Å². The minimum Gasteiger partial charge on any atom is -0.496 e.